The van der Waals surface area contributed by atoms with Crippen molar-refractivity contribution in [2.45, 2.75) is 102 Å². The summed E-state index contributed by atoms with van der Waals surface area (Å²) in [6.45, 7) is 17.8. The summed E-state index contributed by atoms with van der Waals surface area (Å²) in [4.78, 5) is 27.3. The fourth-order valence-electron chi connectivity index (χ4n) is 5.33. The van der Waals surface area contributed by atoms with Gasteiger partial charge in [0.05, 0.1) is 12.7 Å². The van der Waals surface area contributed by atoms with Gasteiger partial charge >= 0.3 is 22.8 Å². The average Bonchev–Trinajstić information content (AvgIpc) is 3.11. The SMILES string of the molecule is CNc1c(Br)c(=O)[nH]c(=O)n1[C@H]1C[C@@H]2O[Si](C(C)C)(C(C)C)O[Si](C(C)C)(C(C)C)OC[C@H]2O1. The molecule has 1 aromatic heterocycles. The van der Waals surface area contributed by atoms with Crippen molar-refractivity contribution in [2.24, 2.45) is 0 Å². The molecule has 2 saturated heterocycles. The van der Waals surface area contributed by atoms with Crippen LogP contribution in [0.5, 0.6) is 0 Å². The number of H-pyrrole nitrogens is 1. The first-order valence-corrected chi connectivity index (χ1v) is 16.9. The molecule has 0 bridgehead atoms. The Kier molecular flexibility index (Phi) is 8.43. The van der Waals surface area contributed by atoms with Crippen LogP contribution in [0.4, 0.5) is 5.82 Å². The highest BCUT2D eigenvalue weighted by Gasteiger charge is 2.60. The zero-order chi connectivity index (χ0) is 25.6. The summed E-state index contributed by atoms with van der Waals surface area (Å²) in [5.41, 5.74) is -0.130. The lowest BCUT2D eigenvalue weighted by Crippen LogP contribution is -2.65. The molecule has 0 spiro atoms. The Morgan fingerprint density at radius 3 is 2.03 bits per heavy atom. The van der Waals surface area contributed by atoms with Crippen LogP contribution in [0.3, 0.4) is 0 Å². The van der Waals surface area contributed by atoms with Gasteiger partial charge in [0.25, 0.3) is 5.56 Å². The van der Waals surface area contributed by atoms with Crippen molar-refractivity contribution in [3.8, 4) is 0 Å². The van der Waals surface area contributed by atoms with Crippen molar-refractivity contribution in [1.29, 1.82) is 0 Å². The minimum absolute atomic E-state index is 0.205. The van der Waals surface area contributed by atoms with Gasteiger partial charge in [-0.15, -0.1) is 0 Å². The number of rotatable bonds is 6. The van der Waals surface area contributed by atoms with Gasteiger partial charge in [-0.2, -0.15) is 0 Å². The molecule has 0 unspecified atom stereocenters. The lowest BCUT2D eigenvalue weighted by atomic mass is 10.2. The molecule has 2 aliphatic rings. The molecule has 194 valence electrons. The lowest BCUT2D eigenvalue weighted by Gasteiger charge is -2.51. The van der Waals surface area contributed by atoms with Gasteiger partial charge in [-0.1, -0.05) is 55.4 Å². The average molecular weight is 579 g/mol. The number of anilines is 1. The van der Waals surface area contributed by atoms with E-state index in [2.05, 4.69) is 81.6 Å². The number of hydrogen-bond acceptors (Lipinski definition) is 7. The first-order chi connectivity index (χ1) is 15.8. The first kappa shape index (κ1) is 27.8. The molecule has 0 aromatic carbocycles. The molecule has 0 amide bonds. The maximum atomic E-state index is 12.8. The van der Waals surface area contributed by atoms with Crippen LogP contribution in [-0.2, 0) is 17.7 Å². The minimum Gasteiger partial charge on any atom is -0.414 e. The summed E-state index contributed by atoms with van der Waals surface area (Å²) in [6, 6.07) is 0. The largest absolute Gasteiger partial charge is 0.414 e. The minimum atomic E-state index is -2.77. The Morgan fingerprint density at radius 2 is 1.53 bits per heavy atom. The molecule has 1 aromatic rings. The normalized spacial score (nSPS) is 26.7. The predicted octanol–water partition coefficient (Wildman–Crippen LogP) is 4.58. The topological polar surface area (TPSA) is 104 Å². The van der Waals surface area contributed by atoms with E-state index in [4.69, 9.17) is 17.7 Å². The number of fused-ring (bicyclic) bond motifs is 1. The molecule has 3 heterocycles. The molecule has 0 radical (unpaired) electrons. The number of nitrogens with zero attached hydrogens (tertiary/aromatic N) is 1. The van der Waals surface area contributed by atoms with E-state index in [9.17, 15) is 9.59 Å². The number of aromatic nitrogens is 2. The van der Waals surface area contributed by atoms with Crippen LogP contribution in [0.25, 0.3) is 0 Å². The summed E-state index contributed by atoms with van der Waals surface area (Å²) in [7, 11) is -3.76. The number of nitrogens with one attached hydrogen (secondary N) is 2. The molecule has 9 nitrogen and oxygen atoms in total. The summed E-state index contributed by atoms with van der Waals surface area (Å²) < 4.78 is 29.1. The maximum Gasteiger partial charge on any atom is 0.335 e. The van der Waals surface area contributed by atoms with Gasteiger partial charge in [0.1, 0.15) is 22.6 Å². The summed E-state index contributed by atoms with van der Waals surface area (Å²) in [5, 5.41) is 2.96. The Morgan fingerprint density at radius 1 is 0.971 bits per heavy atom. The van der Waals surface area contributed by atoms with Crippen molar-refractivity contribution in [3.63, 3.8) is 0 Å². The van der Waals surface area contributed by atoms with Gasteiger partial charge in [0.15, 0.2) is 0 Å². The smallest absolute Gasteiger partial charge is 0.335 e. The maximum absolute atomic E-state index is 12.8. The number of aromatic amines is 1. The second kappa shape index (κ2) is 10.3. The summed E-state index contributed by atoms with van der Waals surface area (Å²) >= 11 is 3.29. The molecule has 3 atom stereocenters. The fourth-order valence-corrected chi connectivity index (χ4v) is 17.0. The highest BCUT2D eigenvalue weighted by atomic mass is 79.9. The van der Waals surface area contributed by atoms with Gasteiger partial charge in [-0.3, -0.25) is 14.3 Å². The van der Waals surface area contributed by atoms with Crippen molar-refractivity contribution < 1.29 is 17.7 Å². The van der Waals surface area contributed by atoms with Gasteiger partial charge in [0, 0.05) is 13.5 Å². The molecule has 12 heteroatoms. The van der Waals surface area contributed by atoms with Crippen LogP contribution in [0.2, 0.25) is 22.2 Å². The Hall–Kier alpha value is -0.766. The summed E-state index contributed by atoms with van der Waals surface area (Å²) in [5.74, 6) is 0.370. The van der Waals surface area contributed by atoms with Crippen molar-refractivity contribution in [2.75, 3.05) is 19.0 Å². The molecule has 0 saturated carbocycles. The third-order valence-corrected chi connectivity index (χ3v) is 18.2. The molecule has 2 fully saturated rings. The number of hydrogen-bond donors (Lipinski definition) is 2. The monoisotopic (exact) mass is 577 g/mol. The predicted molar refractivity (Wildman–Crippen MR) is 141 cm³/mol. The van der Waals surface area contributed by atoms with Crippen molar-refractivity contribution >= 4 is 38.9 Å². The standard InChI is InChI=1S/C22H40BrN3O6Si2/c1-12(2)33(13(3)4)29-11-17-16(31-34(32-33,14(5)6)15(7)8)10-18(30-17)26-20(24-9)19(23)21(27)25-22(26)28/h12-18,24H,10-11H2,1-9H3,(H,25,27,28)/t16-,17+,18+/m0/s1. The van der Waals surface area contributed by atoms with Gasteiger partial charge in [0.2, 0.25) is 0 Å². The van der Waals surface area contributed by atoms with Crippen LogP contribution >= 0.6 is 15.9 Å². The van der Waals surface area contributed by atoms with Crippen molar-refractivity contribution in [3.05, 3.63) is 25.3 Å². The molecular formula is C22H40BrN3O6Si2. The Balaban J connectivity index is 2.08. The quantitative estimate of drug-likeness (QED) is 0.476. The summed E-state index contributed by atoms with van der Waals surface area (Å²) in [6.07, 6.45) is -0.781. The van der Waals surface area contributed by atoms with E-state index in [1.807, 2.05) is 0 Å². The third-order valence-electron chi connectivity index (χ3n) is 7.14. The second-order valence-corrected chi connectivity index (χ2v) is 20.2. The number of halogens is 1. The highest BCUT2D eigenvalue weighted by Crippen LogP contribution is 2.48. The molecule has 0 aliphatic carbocycles. The molecule has 2 aliphatic heterocycles. The van der Waals surface area contributed by atoms with E-state index in [0.29, 0.717) is 18.8 Å². The number of ether oxygens (including phenoxy) is 1. The third kappa shape index (κ3) is 4.66. The van der Waals surface area contributed by atoms with Crippen LogP contribution in [0.15, 0.2) is 14.1 Å². The Bertz CT molecular complexity index is 980. The molecular weight excluding hydrogens is 538 g/mol. The van der Waals surface area contributed by atoms with Crippen LogP contribution in [0.1, 0.15) is 68.0 Å². The van der Waals surface area contributed by atoms with E-state index < -0.39 is 34.6 Å². The highest BCUT2D eigenvalue weighted by molar-refractivity contribution is 9.10. The van der Waals surface area contributed by atoms with E-state index in [0.717, 1.165) is 0 Å². The zero-order valence-corrected chi connectivity index (χ0v) is 25.3. The Labute approximate surface area is 212 Å². The molecule has 34 heavy (non-hydrogen) atoms. The van der Waals surface area contributed by atoms with E-state index in [1.165, 1.54) is 4.57 Å². The van der Waals surface area contributed by atoms with E-state index in [1.54, 1.807) is 7.05 Å². The van der Waals surface area contributed by atoms with E-state index >= 15 is 0 Å². The zero-order valence-electron chi connectivity index (χ0n) is 21.7. The first-order valence-electron chi connectivity index (χ1n) is 12.2. The van der Waals surface area contributed by atoms with Crippen molar-refractivity contribution in [1.82, 2.24) is 9.55 Å². The molecule has 2 N–H and O–H groups in total. The fraction of sp³-hybridized carbons (Fsp3) is 0.818. The molecule has 3 rings (SSSR count). The van der Waals surface area contributed by atoms with Crippen LogP contribution < -0.4 is 16.6 Å². The lowest BCUT2D eigenvalue weighted by molar-refractivity contribution is -0.0560. The van der Waals surface area contributed by atoms with Gasteiger partial charge in [-0.25, -0.2) is 4.79 Å². The van der Waals surface area contributed by atoms with E-state index in [-0.39, 0.29) is 38.8 Å². The van der Waals surface area contributed by atoms with Crippen LogP contribution in [-0.4, -0.2) is 52.5 Å². The second-order valence-electron chi connectivity index (χ2n) is 10.5. The van der Waals surface area contributed by atoms with Crippen LogP contribution in [0, 0.1) is 0 Å². The van der Waals surface area contributed by atoms with Gasteiger partial charge in [-0.05, 0) is 38.1 Å². The van der Waals surface area contributed by atoms with Gasteiger partial charge < -0.3 is 23.0 Å².